The van der Waals surface area contributed by atoms with Gasteiger partial charge in [0.25, 0.3) is 0 Å². The van der Waals surface area contributed by atoms with E-state index in [1.165, 1.54) is 0 Å². The van der Waals surface area contributed by atoms with Gasteiger partial charge in [0.1, 0.15) is 0 Å². The zero-order chi connectivity index (χ0) is 10.7. The molecule has 0 aliphatic rings. The van der Waals surface area contributed by atoms with E-state index >= 15 is 0 Å². The van der Waals surface area contributed by atoms with E-state index in [-0.39, 0.29) is 0 Å². The summed E-state index contributed by atoms with van der Waals surface area (Å²) in [5, 5.41) is 1.62. The van der Waals surface area contributed by atoms with E-state index in [4.69, 9.17) is 11.6 Å². The Kier molecular flexibility index (Phi) is 3.45. The second-order valence-corrected chi connectivity index (χ2v) is 4.22. The quantitative estimate of drug-likeness (QED) is 0.687. The van der Waals surface area contributed by atoms with Crippen molar-refractivity contribution >= 4 is 27.5 Å². The molecule has 0 heterocycles. The first-order valence-corrected chi connectivity index (χ1v) is 6.21. The van der Waals surface area contributed by atoms with Crippen LogP contribution >= 0.6 is 27.5 Å². The highest BCUT2D eigenvalue weighted by molar-refractivity contribution is 9.08. The van der Waals surface area contributed by atoms with E-state index in [2.05, 4.69) is 28.1 Å². The van der Waals surface area contributed by atoms with Crippen LogP contribution in [0, 0.1) is 0 Å². The molecule has 2 aromatic carbocycles. The minimum absolute atomic E-state index is 0.784. The number of hydrogen-bond donors (Lipinski definition) is 0. The maximum Gasteiger partial charge on any atom is 0.0524 e. The van der Waals surface area contributed by atoms with Gasteiger partial charge in [-0.15, -0.1) is 0 Å². The average Bonchev–Trinajstić information content (AvgIpc) is 2.30. The zero-order valence-electron chi connectivity index (χ0n) is 8.08. The first kappa shape index (κ1) is 10.7. The number of halogens is 2. The predicted octanol–water partition coefficient (Wildman–Crippen LogP) is 4.90. The third kappa shape index (κ3) is 2.24. The summed E-state index contributed by atoms with van der Waals surface area (Å²) in [6.45, 7) is 0. The smallest absolute Gasteiger partial charge is 0.0524 e. The first-order chi connectivity index (χ1) is 7.33. The fraction of sp³-hybridized carbons (Fsp3) is 0.0769. The van der Waals surface area contributed by atoms with Crippen LogP contribution in [-0.2, 0) is 5.33 Å². The second-order valence-electron chi connectivity index (χ2n) is 3.28. The van der Waals surface area contributed by atoms with Gasteiger partial charge in [-0.3, -0.25) is 0 Å². The fourth-order valence-corrected chi connectivity index (χ4v) is 2.45. The summed E-state index contributed by atoms with van der Waals surface area (Å²) >= 11 is 9.74. The molecule has 0 atom stereocenters. The van der Waals surface area contributed by atoms with Gasteiger partial charge < -0.3 is 0 Å². The molecule has 0 fully saturated rings. The zero-order valence-corrected chi connectivity index (χ0v) is 10.4. The fourth-order valence-electron chi connectivity index (χ4n) is 1.52. The van der Waals surface area contributed by atoms with Gasteiger partial charge in [0, 0.05) is 10.9 Å². The molecule has 0 bridgehead atoms. The Morgan fingerprint density at radius 2 is 1.67 bits per heavy atom. The van der Waals surface area contributed by atoms with Crippen molar-refractivity contribution in [2.45, 2.75) is 5.33 Å². The van der Waals surface area contributed by atoms with E-state index in [0.717, 1.165) is 27.0 Å². The van der Waals surface area contributed by atoms with Gasteiger partial charge >= 0.3 is 0 Å². The van der Waals surface area contributed by atoms with Gasteiger partial charge in [0.05, 0.1) is 5.02 Å². The Morgan fingerprint density at radius 1 is 0.933 bits per heavy atom. The third-order valence-corrected chi connectivity index (χ3v) is 3.36. The molecule has 2 rings (SSSR count). The molecule has 2 aromatic rings. The van der Waals surface area contributed by atoms with E-state index in [0.29, 0.717) is 0 Å². The van der Waals surface area contributed by atoms with Crippen molar-refractivity contribution in [3.05, 3.63) is 59.1 Å². The predicted molar refractivity (Wildman–Crippen MR) is 69.5 cm³/mol. The van der Waals surface area contributed by atoms with Gasteiger partial charge in [0.2, 0.25) is 0 Å². The van der Waals surface area contributed by atoms with Gasteiger partial charge in [-0.1, -0.05) is 76.1 Å². The molecule has 0 unspecified atom stereocenters. The maximum atomic E-state index is 6.31. The van der Waals surface area contributed by atoms with Crippen LogP contribution in [0.2, 0.25) is 5.02 Å². The molecule has 0 nitrogen and oxygen atoms in total. The van der Waals surface area contributed by atoms with Crippen LogP contribution in [0.3, 0.4) is 0 Å². The molecule has 0 N–H and O–H groups in total. The molecular weight excluding hydrogens is 272 g/mol. The molecule has 76 valence electrons. The van der Waals surface area contributed by atoms with Gasteiger partial charge in [-0.2, -0.15) is 0 Å². The Bertz CT molecular complexity index is 451. The molecule has 0 aromatic heterocycles. The summed E-state index contributed by atoms with van der Waals surface area (Å²) in [4.78, 5) is 0. The van der Waals surface area contributed by atoms with Crippen LogP contribution in [0.5, 0.6) is 0 Å². The monoisotopic (exact) mass is 280 g/mol. The highest BCUT2D eigenvalue weighted by Crippen LogP contribution is 2.31. The highest BCUT2D eigenvalue weighted by atomic mass is 79.9. The van der Waals surface area contributed by atoms with E-state index in [1.54, 1.807) is 0 Å². The molecule has 0 aliphatic heterocycles. The summed E-state index contributed by atoms with van der Waals surface area (Å²) in [6, 6.07) is 16.3. The number of benzene rings is 2. The van der Waals surface area contributed by atoms with Crippen LogP contribution < -0.4 is 0 Å². The molecule has 2 heteroatoms. The summed E-state index contributed by atoms with van der Waals surface area (Å²) in [7, 11) is 0. The van der Waals surface area contributed by atoms with Crippen LogP contribution in [0.15, 0.2) is 48.5 Å². The highest BCUT2D eigenvalue weighted by Gasteiger charge is 2.06. The summed E-state index contributed by atoms with van der Waals surface area (Å²) in [5.74, 6) is 0. The molecule has 0 aliphatic carbocycles. The lowest BCUT2D eigenvalue weighted by Crippen LogP contribution is -1.84. The Balaban J connectivity index is 2.54. The standard InChI is InChI=1S/C13H10BrCl/c14-9-11-7-4-8-12(13(11)15)10-5-2-1-3-6-10/h1-8H,9H2. The van der Waals surface area contributed by atoms with E-state index in [1.807, 2.05) is 36.4 Å². The van der Waals surface area contributed by atoms with Crippen molar-refractivity contribution in [3.8, 4) is 11.1 Å². The minimum Gasteiger partial charge on any atom is -0.0876 e. The van der Waals surface area contributed by atoms with Gasteiger partial charge in [0.15, 0.2) is 0 Å². The van der Waals surface area contributed by atoms with Crippen molar-refractivity contribution in [2.24, 2.45) is 0 Å². The number of rotatable bonds is 2. The third-order valence-electron chi connectivity index (χ3n) is 2.31. The SMILES string of the molecule is Clc1c(CBr)cccc1-c1ccccc1. The van der Waals surface area contributed by atoms with Crippen molar-refractivity contribution in [3.63, 3.8) is 0 Å². The van der Waals surface area contributed by atoms with Gasteiger partial charge in [-0.05, 0) is 11.1 Å². The maximum absolute atomic E-state index is 6.31. The minimum atomic E-state index is 0.784. The molecule has 0 saturated carbocycles. The van der Waals surface area contributed by atoms with E-state index < -0.39 is 0 Å². The summed E-state index contributed by atoms with van der Waals surface area (Å²) in [5.41, 5.74) is 3.37. The molecule has 0 spiro atoms. The van der Waals surface area contributed by atoms with Crippen LogP contribution in [-0.4, -0.2) is 0 Å². The molecular formula is C13H10BrCl. The van der Waals surface area contributed by atoms with Crippen molar-refractivity contribution in [1.82, 2.24) is 0 Å². The molecule has 15 heavy (non-hydrogen) atoms. The van der Waals surface area contributed by atoms with Crippen LogP contribution in [0.25, 0.3) is 11.1 Å². The molecule has 0 saturated heterocycles. The topological polar surface area (TPSA) is 0 Å². The summed E-state index contributed by atoms with van der Waals surface area (Å²) < 4.78 is 0. The lowest BCUT2D eigenvalue weighted by Gasteiger charge is -2.07. The largest absolute Gasteiger partial charge is 0.0876 e. The van der Waals surface area contributed by atoms with Crippen LogP contribution in [0.1, 0.15) is 5.56 Å². The lowest BCUT2D eigenvalue weighted by molar-refractivity contribution is 1.43. The summed E-state index contributed by atoms with van der Waals surface area (Å²) in [6.07, 6.45) is 0. The van der Waals surface area contributed by atoms with E-state index in [9.17, 15) is 0 Å². The molecule has 0 radical (unpaired) electrons. The van der Waals surface area contributed by atoms with Crippen molar-refractivity contribution < 1.29 is 0 Å². The Morgan fingerprint density at radius 3 is 2.33 bits per heavy atom. The Labute approximate surface area is 103 Å². The van der Waals surface area contributed by atoms with Crippen molar-refractivity contribution in [2.75, 3.05) is 0 Å². The number of alkyl halides is 1. The Hall–Kier alpha value is -0.790. The lowest BCUT2D eigenvalue weighted by atomic mass is 10.0. The number of hydrogen-bond acceptors (Lipinski definition) is 0. The average molecular weight is 282 g/mol. The van der Waals surface area contributed by atoms with Crippen LogP contribution in [0.4, 0.5) is 0 Å². The van der Waals surface area contributed by atoms with Gasteiger partial charge in [-0.25, -0.2) is 0 Å². The molecule has 0 amide bonds. The van der Waals surface area contributed by atoms with Crippen molar-refractivity contribution in [1.29, 1.82) is 0 Å². The second kappa shape index (κ2) is 4.82. The first-order valence-electron chi connectivity index (χ1n) is 4.71. The normalized spacial score (nSPS) is 10.3.